The quantitative estimate of drug-likeness (QED) is 0.906. The molecule has 0 radical (unpaired) electrons. The molecule has 1 heterocycles. The highest BCUT2D eigenvalue weighted by molar-refractivity contribution is 5.78. The molecule has 1 spiro atoms. The fourth-order valence-electron chi connectivity index (χ4n) is 4.40. The van der Waals surface area contributed by atoms with Crippen LogP contribution in [0.25, 0.3) is 0 Å². The molecule has 1 aliphatic heterocycles. The number of benzene rings is 1. The molecule has 1 aliphatic carbocycles. The van der Waals surface area contributed by atoms with Crippen LogP contribution in [0.2, 0.25) is 0 Å². The number of nitrogens with zero attached hydrogens (tertiary/aromatic N) is 1. The average Bonchev–Trinajstić information content (AvgIpc) is 2.76. The molecule has 22 heavy (non-hydrogen) atoms. The molecule has 3 heteroatoms. The zero-order chi connectivity index (χ0) is 16.0. The fraction of sp³-hybridized carbons (Fsp3) is 0.632. The van der Waals surface area contributed by atoms with Gasteiger partial charge in [-0.2, -0.15) is 0 Å². The van der Waals surface area contributed by atoms with E-state index in [-0.39, 0.29) is 11.3 Å². The third-order valence-electron chi connectivity index (χ3n) is 5.31. The predicted octanol–water partition coefficient (Wildman–Crippen LogP) is 3.64. The van der Waals surface area contributed by atoms with Gasteiger partial charge in [-0.3, -0.25) is 4.79 Å². The number of carboxylic acids is 1. The van der Waals surface area contributed by atoms with E-state index in [0.717, 1.165) is 44.5 Å². The van der Waals surface area contributed by atoms with Gasteiger partial charge < -0.3 is 10.0 Å². The molecule has 1 unspecified atom stereocenters. The lowest BCUT2D eigenvalue weighted by Gasteiger charge is -2.42. The van der Waals surface area contributed by atoms with E-state index in [2.05, 4.69) is 37.8 Å². The van der Waals surface area contributed by atoms with Crippen molar-refractivity contribution in [3.8, 4) is 0 Å². The summed E-state index contributed by atoms with van der Waals surface area (Å²) in [6.45, 7) is 10.1. The Bertz CT molecular complexity index is 565. The molecule has 1 fully saturated rings. The highest BCUT2D eigenvalue weighted by atomic mass is 16.4. The van der Waals surface area contributed by atoms with Crippen molar-refractivity contribution >= 4 is 5.97 Å². The Morgan fingerprint density at radius 2 is 1.91 bits per heavy atom. The molecule has 0 saturated carbocycles. The molecule has 1 N–H and O–H groups in total. The Labute approximate surface area is 133 Å². The summed E-state index contributed by atoms with van der Waals surface area (Å²) in [5, 5.41) is 9.57. The van der Waals surface area contributed by atoms with E-state index in [1.165, 1.54) is 5.56 Å². The number of carboxylic acid groups (broad SMARTS) is 1. The largest absolute Gasteiger partial charge is 0.481 e. The SMILES string of the molecule is CC(C)(C)CN1CCC2(CC1)CC(C(=O)O)c1ccccc12. The second kappa shape index (κ2) is 5.38. The van der Waals surface area contributed by atoms with Crippen LogP contribution in [-0.4, -0.2) is 35.6 Å². The van der Waals surface area contributed by atoms with Crippen LogP contribution < -0.4 is 0 Å². The maximum Gasteiger partial charge on any atom is 0.311 e. The summed E-state index contributed by atoms with van der Waals surface area (Å²) < 4.78 is 0. The van der Waals surface area contributed by atoms with E-state index < -0.39 is 5.97 Å². The molecule has 3 nitrogen and oxygen atoms in total. The highest BCUT2D eigenvalue weighted by Gasteiger charge is 2.47. The summed E-state index contributed by atoms with van der Waals surface area (Å²) in [4.78, 5) is 14.2. The van der Waals surface area contributed by atoms with E-state index in [0.29, 0.717) is 5.41 Å². The van der Waals surface area contributed by atoms with Crippen molar-refractivity contribution in [2.75, 3.05) is 19.6 Å². The minimum absolute atomic E-state index is 0.0913. The number of rotatable bonds is 2. The van der Waals surface area contributed by atoms with Gasteiger partial charge in [-0.15, -0.1) is 0 Å². The van der Waals surface area contributed by atoms with Crippen molar-refractivity contribution in [2.24, 2.45) is 5.41 Å². The Morgan fingerprint density at radius 1 is 1.27 bits per heavy atom. The summed E-state index contributed by atoms with van der Waals surface area (Å²) in [6, 6.07) is 8.22. The van der Waals surface area contributed by atoms with E-state index in [4.69, 9.17) is 0 Å². The Kier molecular flexibility index (Phi) is 3.80. The van der Waals surface area contributed by atoms with Gasteiger partial charge in [-0.25, -0.2) is 0 Å². The molecular formula is C19H27NO2. The number of hydrogen-bond acceptors (Lipinski definition) is 2. The number of fused-ring (bicyclic) bond motifs is 2. The average molecular weight is 301 g/mol. The zero-order valence-corrected chi connectivity index (χ0v) is 13.9. The summed E-state index contributed by atoms with van der Waals surface area (Å²) in [5.41, 5.74) is 2.77. The van der Waals surface area contributed by atoms with Gasteiger partial charge in [0.15, 0.2) is 0 Å². The monoisotopic (exact) mass is 301 g/mol. The number of carbonyl (C=O) groups is 1. The molecule has 120 valence electrons. The van der Waals surface area contributed by atoms with Crippen molar-refractivity contribution in [2.45, 2.75) is 51.4 Å². The van der Waals surface area contributed by atoms with Crippen LogP contribution in [0.15, 0.2) is 24.3 Å². The number of piperidine rings is 1. The van der Waals surface area contributed by atoms with Crippen LogP contribution in [0.1, 0.15) is 57.1 Å². The summed E-state index contributed by atoms with van der Waals surface area (Å²) >= 11 is 0. The van der Waals surface area contributed by atoms with Crippen molar-refractivity contribution < 1.29 is 9.90 Å². The first-order valence-electron chi connectivity index (χ1n) is 8.35. The second-order valence-corrected chi connectivity index (χ2v) is 8.30. The summed E-state index contributed by atoms with van der Waals surface area (Å²) in [5.74, 6) is -0.980. The number of likely N-dealkylation sites (tertiary alicyclic amines) is 1. The molecule has 1 saturated heterocycles. The minimum atomic E-state index is -0.665. The van der Waals surface area contributed by atoms with Crippen molar-refractivity contribution in [1.29, 1.82) is 0 Å². The van der Waals surface area contributed by atoms with E-state index in [9.17, 15) is 9.90 Å². The van der Waals surface area contributed by atoms with Gasteiger partial charge in [0.2, 0.25) is 0 Å². The van der Waals surface area contributed by atoms with E-state index in [1.54, 1.807) is 0 Å². The normalized spacial score (nSPS) is 24.4. The molecule has 2 aliphatic rings. The lowest BCUT2D eigenvalue weighted by Crippen LogP contribution is -2.44. The van der Waals surface area contributed by atoms with Crippen LogP contribution in [0.5, 0.6) is 0 Å². The zero-order valence-electron chi connectivity index (χ0n) is 13.9. The van der Waals surface area contributed by atoms with Gasteiger partial charge in [0.1, 0.15) is 0 Å². The first-order valence-corrected chi connectivity index (χ1v) is 8.35. The van der Waals surface area contributed by atoms with E-state index in [1.807, 2.05) is 12.1 Å². The minimum Gasteiger partial charge on any atom is -0.481 e. The molecule has 3 rings (SSSR count). The van der Waals surface area contributed by atoms with E-state index >= 15 is 0 Å². The molecule has 1 aromatic rings. The van der Waals surface area contributed by atoms with Crippen LogP contribution in [-0.2, 0) is 10.2 Å². The lowest BCUT2D eigenvalue weighted by molar-refractivity contribution is -0.139. The Hall–Kier alpha value is -1.35. The Balaban J connectivity index is 1.80. The van der Waals surface area contributed by atoms with Crippen LogP contribution in [0.4, 0.5) is 0 Å². The van der Waals surface area contributed by atoms with Gasteiger partial charge in [0.25, 0.3) is 0 Å². The maximum atomic E-state index is 11.6. The van der Waals surface area contributed by atoms with Crippen LogP contribution >= 0.6 is 0 Å². The third-order valence-corrected chi connectivity index (χ3v) is 5.31. The predicted molar refractivity (Wildman–Crippen MR) is 88.2 cm³/mol. The van der Waals surface area contributed by atoms with Crippen molar-refractivity contribution in [3.05, 3.63) is 35.4 Å². The number of hydrogen-bond donors (Lipinski definition) is 1. The highest BCUT2D eigenvalue weighted by Crippen LogP contribution is 2.51. The molecule has 0 aromatic heterocycles. The second-order valence-electron chi connectivity index (χ2n) is 8.30. The first-order chi connectivity index (χ1) is 10.3. The molecule has 1 aromatic carbocycles. The maximum absolute atomic E-state index is 11.6. The van der Waals surface area contributed by atoms with Crippen molar-refractivity contribution in [3.63, 3.8) is 0 Å². The van der Waals surface area contributed by atoms with Gasteiger partial charge in [0.05, 0.1) is 5.92 Å². The third kappa shape index (κ3) is 2.79. The molecule has 1 atom stereocenters. The Morgan fingerprint density at radius 3 is 2.50 bits per heavy atom. The smallest absolute Gasteiger partial charge is 0.311 e. The van der Waals surface area contributed by atoms with Gasteiger partial charge in [-0.1, -0.05) is 45.0 Å². The van der Waals surface area contributed by atoms with Crippen LogP contribution in [0.3, 0.4) is 0 Å². The molecular weight excluding hydrogens is 274 g/mol. The fourth-order valence-corrected chi connectivity index (χ4v) is 4.40. The lowest BCUT2D eigenvalue weighted by atomic mass is 9.73. The van der Waals surface area contributed by atoms with Gasteiger partial charge in [-0.05, 0) is 54.3 Å². The number of aliphatic carboxylic acids is 1. The van der Waals surface area contributed by atoms with Crippen molar-refractivity contribution in [1.82, 2.24) is 4.90 Å². The first kappa shape index (κ1) is 15.5. The summed E-state index contributed by atoms with van der Waals surface area (Å²) in [7, 11) is 0. The molecule has 0 amide bonds. The van der Waals surface area contributed by atoms with Gasteiger partial charge in [0, 0.05) is 6.54 Å². The standard InChI is InChI=1S/C19H27NO2/c1-18(2,3)13-20-10-8-19(9-11-20)12-15(17(21)22)14-6-4-5-7-16(14)19/h4-7,15H,8-13H2,1-3H3,(H,21,22). The van der Waals surface area contributed by atoms with Gasteiger partial charge >= 0.3 is 5.97 Å². The molecule has 0 bridgehead atoms. The topological polar surface area (TPSA) is 40.5 Å². The summed E-state index contributed by atoms with van der Waals surface area (Å²) in [6.07, 6.45) is 2.96. The van der Waals surface area contributed by atoms with Crippen LogP contribution in [0, 0.1) is 5.41 Å².